The predicted molar refractivity (Wildman–Crippen MR) is 64.0 cm³/mol. The van der Waals surface area contributed by atoms with E-state index in [0.717, 1.165) is 0 Å². The maximum absolute atomic E-state index is 10.6. The summed E-state index contributed by atoms with van der Waals surface area (Å²) in [6.07, 6.45) is 0.874. The van der Waals surface area contributed by atoms with Gasteiger partial charge in [-0.3, -0.25) is 4.79 Å². The van der Waals surface area contributed by atoms with Crippen molar-refractivity contribution in [1.82, 2.24) is 0 Å². The average molecular weight is 250 g/mol. The lowest BCUT2D eigenvalue weighted by Gasteiger charge is -2.01. The van der Waals surface area contributed by atoms with E-state index in [2.05, 4.69) is 21.9 Å². The monoisotopic (exact) mass is 249 g/mol. The predicted octanol–water partition coefficient (Wildman–Crippen LogP) is 2.91. The number of carbonyl (C=O) groups is 1. The zero-order valence-corrected chi connectivity index (χ0v) is 9.48. The molecule has 0 fully saturated rings. The molecule has 86 valence electrons. The van der Waals surface area contributed by atoms with E-state index in [1.807, 2.05) is 0 Å². The summed E-state index contributed by atoms with van der Waals surface area (Å²) in [4.78, 5) is 13.2. The van der Waals surface area contributed by atoms with Crippen molar-refractivity contribution < 1.29 is 9.90 Å². The summed E-state index contributed by atoms with van der Waals surface area (Å²) in [5.74, 6) is 5.17. The number of aromatic hydroxyl groups is 1. The van der Waals surface area contributed by atoms with E-state index in [9.17, 15) is 9.90 Å². The van der Waals surface area contributed by atoms with Gasteiger partial charge in [0.15, 0.2) is 6.29 Å². The number of halogens is 1. The second kappa shape index (κ2) is 6.44. The van der Waals surface area contributed by atoms with Crippen LogP contribution in [0.15, 0.2) is 17.2 Å². The highest BCUT2D eigenvalue weighted by Gasteiger charge is 2.06. The maximum Gasteiger partial charge on any atom is 0.153 e. The lowest BCUT2D eigenvalue weighted by atomic mass is 10.1. The zero-order chi connectivity index (χ0) is 12.7. The van der Waals surface area contributed by atoms with Crippen molar-refractivity contribution in [3.8, 4) is 17.6 Å². The number of hydrogen-bond acceptors (Lipinski definition) is 3. The largest absolute Gasteiger partial charge is 0.506 e. The Morgan fingerprint density at radius 3 is 3.00 bits per heavy atom. The van der Waals surface area contributed by atoms with Gasteiger partial charge in [0.2, 0.25) is 0 Å². The van der Waals surface area contributed by atoms with Crippen LogP contribution in [0.3, 0.4) is 0 Å². The molecule has 5 nitrogen and oxygen atoms in total. The summed E-state index contributed by atoms with van der Waals surface area (Å²) in [7, 11) is 0. The second-order valence-electron chi connectivity index (χ2n) is 3.02. The standard InChI is InChI=1S/C11H8ClN3O2/c12-10-5-8(3-1-2-4-14-15-13)11(17)9(6-10)7-16/h5-7,17H,2,4H2. The fourth-order valence-electron chi connectivity index (χ4n) is 1.11. The van der Waals surface area contributed by atoms with Crippen molar-refractivity contribution in [2.75, 3.05) is 6.54 Å². The molecule has 0 unspecified atom stereocenters. The Bertz CT molecular complexity index is 540. The smallest absolute Gasteiger partial charge is 0.153 e. The van der Waals surface area contributed by atoms with Crippen LogP contribution in [-0.2, 0) is 0 Å². The van der Waals surface area contributed by atoms with Gasteiger partial charge in [-0.25, -0.2) is 0 Å². The molecule has 0 amide bonds. The van der Waals surface area contributed by atoms with Crippen molar-refractivity contribution in [3.05, 3.63) is 38.7 Å². The molecule has 0 heterocycles. The third-order valence-electron chi connectivity index (χ3n) is 1.85. The normalized spacial score (nSPS) is 8.76. The van der Waals surface area contributed by atoms with Crippen LogP contribution in [0.4, 0.5) is 0 Å². The van der Waals surface area contributed by atoms with Gasteiger partial charge >= 0.3 is 0 Å². The highest BCUT2D eigenvalue weighted by atomic mass is 35.5. The van der Waals surface area contributed by atoms with Gasteiger partial charge in [0.1, 0.15) is 5.75 Å². The van der Waals surface area contributed by atoms with E-state index in [4.69, 9.17) is 17.1 Å². The van der Waals surface area contributed by atoms with E-state index >= 15 is 0 Å². The van der Waals surface area contributed by atoms with Gasteiger partial charge in [-0.05, 0) is 17.7 Å². The van der Waals surface area contributed by atoms with E-state index in [1.165, 1.54) is 12.1 Å². The first-order valence-corrected chi connectivity index (χ1v) is 5.04. The van der Waals surface area contributed by atoms with Crippen molar-refractivity contribution in [3.63, 3.8) is 0 Å². The minimum atomic E-state index is -0.194. The van der Waals surface area contributed by atoms with Crippen LogP contribution in [0.1, 0.15) is 22.3 Å². The summed E-state index contributed by atoms with van der Waals surface area (Å²) in [6.45, 7) is 0.255. The Labute approximate surface area is 103 Å². The topological polar surface area (TPSA) is 86.1 Å². The summed E-state index contributed by atoms with van der Waals surface area (Å²) < 4.78 is 0. The van der Waals surface area contributed by atoms with Crippen molar-refractivity contribution in [2.24, 2.45) is 5.11 Å². The molecule has 1 rings (SSSR count). The number of aldehydes is 1. The van der Waals surface area contributed by atoms with E-state index in [0.29, 0.717) is 17.7 Å². The zero-order valence-electron chi connectivity index (χ0n) is 8.72. The molecule has 17 heavy (non-hydrogen) atoms. The van der Waals surface area contributed by atoms with Gasteiger partial charge in [0.25, 0.3) is 0 Å². The van der Waals surface area contributed by atoms with Gasteiger partial charge in [0.05, 0.1) is 11.1 Å². The lowest BCUT2D eigenvalue weighted by molar-refractivity contribution is 0.112. The summed E-state index contributed by atoms with van der Waals surface area (Å²) in [5, 5.41) is 13.3. The molecule has 0 bridgehead atoms. The van der Waals surface area contributed by atoms with Crippen LogP contribution < -0.4 is 0 Å². The van der Waals surface area contributed by atoms with E-state index < -0.39 is 0 Å². The molecule has 0 atom stereocenters. The van der Waals surface area contributed by atoms with Crippen LogP contribution in [0.25, 0.3) is 10.4 Å². The van der Waals surface area contributed by atoms with Gasteiger partial charge in [0, 0.05) is 22.9 Å². The fourth-order valence-corrected chi connectivity index (χ4v) is 1.34. The average Bonchev–Trinajstić information content (AvgIpc) is 2.32. The van der Waals surface area contributed by atoms with Crippen LogP contribution >= 0.6 is 11.6 Å². The molecule has 1 aromatic rings. The Balaban J connectivity index is 2.93. The molecule has 0 aromatic heterocycles. The Morgan fingerprint density at radius 2 is 2.35 bits per heavy atom. The molecule has 0 aliphatic rings. The van der Waals surface area contributed by atoms with Crippen LogP contribution in [0.2, 0.25) is 5.02 Å². The van der Waals surface area contributed by atoms with E-state index in [-0.39, 0.29) is 23.4 Å². The van der Waals surface area contributed by atoms with Gasteiger partial charge < -0.3 is 5.11 Å². The molecule has 1 aromatic carbocycles. The van der Waals surface area contributed by atoms with Crippen molar-refractivity contribution >= 4 is 17.9 Å². The quantitative estimate of drug-likeness (QED) is 0.223. The number of nitrogens with zero attached hydrogens (tertiary/aromatic N) is 3. The lowest BCUT2D eigenvalue weighted by Crippen LogP contribution is -1.86. The molecule has 0 aliphatic heterocycles. The van der Waals surface area contributed by atoms with Gasteiger partial charge in [-0.15, -0.1) is 0 Å². The minimum absolute atomic E-state index is 0.0943. The van der Waals surface area contributed by atoms with Crippen molar-refractivity contribution in [1.29, 1.82) is 0 Å². The molecule has 0 radical (unpaired) electrons. The number of phenolic OH excluding ortho intramolecular Hbond substituents is 1. The summed E-state index contributed by atoms with van der Waals surface area (Å²) in [5.41, 5.74) is 8.42. The highest BCUT2D eigenvalue weighted by molar-refractivity contribution is 6.31. The second-order valence-corrected chi connectivity index (χ2v) is 3.45. The first kappa shape index (κ1) is 12.9. The highest BCUT2D eigenvalue weighted by Crippen LogP contribution is 2.25. The maximum atomic E-state index is 10.6. The van der Waals surface area contributed by atoms with Gasteiger partial charge in [-0.2, -0.15) is 0 Å². The van der Waals surface area contributed by atoms with Crippen LogP contribution in [0, 0.1) is 11.8 Å². The molecule has 0 spiro atoms. The Hall–Kier alpha value is -2.15. The molecule has 1 N–H and O–H groups in total. The number of rotatable bonds is 3. The first-order chi connectivity index (χ1) is 8.19. The molecule has 0 saturated carbocycles. The first-order valence-electron chi connectivity index (χ1n) is 4.66. The molecule has 6 heteroatoms. The number of phenols is 1. The van der Waals surface area contributed by atoms with Crippen LogP contribution in [0.5, 0.6) is 5.75 Å². The van der Waals surface area contributed by atoms with Crippen molar-refractivity contribution in [2.45, 2.75) is 6.42 Å². The number of benzene rings is 1. The molecular formula is C11H8ClN3O2. The number of azide groups is 1. The summed E-state index contributed by atoms with van der Waals surface area (Å²) in [6, 6.07) is 2.82. The van der Waals surface area contributed by atoms with Gasteiger partial charge in [-0.1, -0.05) is 28.6 Å². The molecular weight excluding hydrogens is 242 g/mol. The Morgan fingerprint density at radius 1 is 1.59 bits per heavy atom. The molecule has 0 saturated heterocycles. The third kappa shape index (κ3) is 3.72. The fraction of sp³-hybridized carbons (Fsp3) is 0.182. The minimum Gasteiger partial charge on any atom is -0.506 e. The number of hydrogen-bond donors (Lipinski definition) is 1. The third-order valence-corrected chi connectivity index (χ3v) is 2.07. The molecule has 0 aliphatic carbocycles. The summed E-state index contributed by atoms with van der Waals surface area (Å²) >= 11 is 5.76. The van der Waals surface area contributed by atoms with Crippen LogP contribution in [-0.4, -0.2) is 17.9 Å². The SMILES string of the molecule is [N-]=[N+]=NCCC#Cc1cc(Cl)cc(C=O)c1O. The Kier molecular flexibility index (Phi) is 4.89. The number of carbonyl (C=O) groups excluding carboxylic acids is 1. The van der Waals surface area contributed by atoms with E-state index in [1.54, 1.807) is 0 Å².